The molecule has 0 aromatic heterocycles. The molecule has 1 fully saturated rings. The molecule has 1 unspecified atom stereocenters. The Bertz CT molecular complexity index is 607. The fourth-order valence-electron chi connectivity index (χ4n) is 2.41. The van der Waals surface area contributed by atoms with Gasteiger partial charge in [0.2, 0.25) is 0 Å². The molecule has 0 radical (unpaired) electrons. The number of nitrogens with one attached hydrogen (secondary N) is 1. The third-order valence-corrected chi connectivity index (χ3v) is 4.14. The second-order valence-corrected chi connectivity index (χ2v) is 6.01. The third-order valence-electron chi connectivity index (χ3n) is 3.55. The Kier molecular flexibility index (Phi) is 5.08. The maximum Gasteiger partial charge on any atom is 0.169 e. The van der Waals surface area contributed by atoms with Crippen molar-refractivity contribution in [2.75, 3.05) is 19.7 Å². The average molecular weight is 366 g/mol. The van der Waals surface area contributed by atoms with Crippen LogP contribution in [0.2, 0.25) is 0 Å². The van der Waals surface area contributed by atoms with E-state index in [0.29, 0.717) is 24.2 Å². The van der Waals surface area contributed by atoms with Crippen LogP contribution in [0.3, 0.4) is 0 Å². The van der Waals surface area contributed by atoms with Gasteiger partial charge in [-0.3, -0.25) is 0 Å². The summed E-state index contributed by atoms with van der Waals surface area (Å²) < 4.78 is 26.2. The monoisotopic (exact) mass is 365 g/mol. The van der Waals surface area contributed by atoms with Crippen LogP contribution >= 0.6 is 15.9 Å². The Morgan fingerprint density at radius 3 is 2.77 bits per heavy atom. The lowest BCUT2D eigenvalue weighted by Gasteiger charge is -2.24. The van der Waals surface area contributed by atoms with Gasteiger partial charge in [-0.15, -0.1) is 0 Å². The van der Waals surface area contributed by atoms with E-state index in [1.807, 2.05) is 36.4 Å². The van der Waals surface area contributed by atoms with E-state index in [-0.39, 0.29) is 17.7 Å². The highest BCUT2D eigenvalue weighted by molar-refractivity contribution is 9.10. The van der Waals surface area contributed by atoms with Crippen molar-refractivity contribution in [2.24, 2.45) is 0 Å². The van der Waals surface area contributed by atoms with E-state index in [1.54, 1.807) is 0 Å². The summed E-state index contributed by atoms with van der Waals surface area (Å²) in [6, 6.07) is 13.0. The summed E-state index contributed by atoms with van der Waals surface area (Å²) in [4.78, 5) is 0. The smallest absolute Gasteiger partial charge is 0.169 e. The summed E-state index contributed by atoms with van der Waals surface area (Å²) in [6.07, 6.45) is -0.122. The van der Waals surface area contributed by atoms with Gasteiger partial charge in [-0.05, 0) is 39.2 Å². The lowest BCUT2D eigenvalue weighted by molar-refractivity contribution is 0.0274. The number of hydrogen-bond acceptors (Lipinski definition) is 3. The minimum absolute atomic E-state index is 0.122. The zero-order valence-corrected chi connectivity index (χ0v) is 13.6. The van der Waals surface area contributed by atoms with Crippen LogP contribution < -0.4 is 10.1 Å². The largest absolute Gasteiger partial charge is 0.485 e. The standard InChI is InChI=1S/C17H17BrFNO2/c18-14-8-13(16-10-20-6-7-21-16)9-15(19)17(14)22-11-12-4-2-1-3-5-12/h1-5,8-9,16,20H,6-7,10-11H2. The fourth-order valence-corrected chi connectivity index (χ4v) is 2.98. The number of ether oxygens (including phenoxy) is 2. The molecule has 2 aromatic rings. The zero-order valence-electron chi connectivity index (χ0n) is 12.0. The topological polar surface area (TPSA) is 30.5 Å². The molecule has 0 spiro atoms. The highest BCUT2D eigenvalue weighted by Crippen LogP contribution is 2.33. The van der Waals surface area contributed by atoms with Gasteiger partial charge in [0.15, 0.2) is 11.6 Å². The fraction of sp³-hybridized carbons (Fsp3) is 0.294. The van der Waals surface area contributed by atoms with Crippen molar-refractivity contribution in [3.63, 3.8) is 0 Å². The van der Waals surface area contributed by atoms with Crippen LogP contribution in [0, 0.1) is 5.82 Å². The number of morpholine rings is 1. The molecular formula is C17H17BrFNO2. The van der Waals surface area contributed by atoms with E-state index in [4.69, 9.17) is 9.47 Å². The van der Waals surface area contributed by atoms with Crippen LogP contribution in [0.4, 0.5) is 4.39 Å². The molecule has 3 rings (SSSR count). The summed E-state index contributed by atoms with van der Waals surface area (Å²) in [5.74, 6) is -0.147. The Labute approximate surface area is 137 Å². The molecular weight excluding hydrogens is 349 g/mol. The average Bonchev–Trinajstić information content (AvgIpc) is 2.56. The normalized spacial score (nSPS) is 18.2. The van der Waals surface area contributed by atoms with E-state index in [9.17, 15) is 4.39 Å². The van der Waals surface area contributed by atoms with Crippen molar-refractivity contribution in [2.45, 2.75) is 12.7 Å². The van der Waals surface area contributed by atoms with Crippen molar-refractivity contribution in [3.8, 4) is 5.75 Å². The van der Waals surface area contributed by atoms with Crippen molar-refractivity contribution in [3.05, 3.63) is 63.9 Å². The van der Waals surface area contributed by atoms with Crippen molar-refractivity contribution < 1.29 is 13.9 Å². The second-order valence-electron chi connectivity index (χ2n) is 5.15. The summed E-state index contributed by atoms with van der Waals surface area (Å²) in [7, 11) is 0. The first-order valence-corrected chi connectivity index (χ1v) is 8.01. The molecule has 0 saturated carbocycles. The maximum atomic E-state index is 14.3. The molecule has 2 aromatic carbocycles. The van der Waals surface area contributed by atoms with Crippen LogP contribution in [0.1, 0.15) is 17.2 Å². The van der Waals surface area contributed by atoms with Gasteiger partial charge in [0.1, 0.15) is 6.61 Å². The lowest BCUT2D eigenvalue weighted by Crippen LogP contribution is -2.33. The van der Waals surface area contributed by atoms with E-state index >= 15 is 0 Å². The van der Waals surface area contributed by atoms with Crippen molar-refractivity contribution in [1.82, 2.24) is 5.32 Å². The molecule has 1 heterocycles. The molecule has 0 bridgehead atoms. The molecule has 1 saturated heterocycles. The van der Waals surface area contributed by atoms with Crippen LogP contribution in [0.25, 0.3) is 0 Å². The van der Waals surface area contributed by atoms with Crippen LogP contribution in [-0.4, -0.2) is 19.7 Å². The lowest BCUT2D eigenvalue weighted by atomic mass is 10.1. The summed E-state index contributed by atoms with van der Waals surface area (Å²) in [5.41, 5.74) is 1.81. The maximum absolute atomic E-state index is 14.3. The van der Waals surface area contributed by atoms with Gasteiger partial charge in [0.05, 0.1) is 17.2 Å². The number of hydrogen-bond donors (Lipinski definition) is 1. The van der Waals surface area contributed by atoms with Crippen molar-refractivity contribution >= 4 is 15.9 Å². The van der Waals surface area contributed by atoms with Gasteiger partial charge in [-0.1, -0.05) is 30.3 Å². The van der Waals surface area contributed by atoms with Crippen molar-refractivity contribution in [1.29, 1.82) is 0 Å². The number of rotatable bonds is 4. The molecule has 1 aliphatic rings. The van der Waals surface area contributed by atoms with E-state index in [2.05, 4.69) is 21.2 Å². The predicted molar refractivity (Wildman–Crippen MR) is 86.4 cm³/mol. The van der Waals surface area contributed by atoms with Gasteiger partial charge in [-0.25, -0.2) is 4.39 Å². The predicted octanol–water partition coefficient (Wildman–Crippen LogP) is 3.83. The van der Waals surface area contributed by atoms with Crippen LogP contribution in [0.15, 0.2) is 46.9 Å². The summed E-state index contributed by atoms with van der Waals surface area (Å²) in [6.45, 7) is 2.49. The molecule has 1 N–H and O–H groups in total. The highest BCUT2D eigenvalue weighted by atomic mass is 79.9. The Hall–Kier alpha value is -1.43. The quantitative estimate of drug-likeness (QED) is 0.892. The molecule has 0 amide bonds. The molecule has 1 atom stereocenters. The van der Waals surface area contributed by atoms with Gasteiger partial charge in [-0.2, -0.15) is 0 Å². The minimum Gasteiger partial charge on any atom is -0.485 e. The molecule has 1 aliphatic heterocycles. The second kappa shape index (κ2) is 7.22. The van der Waals surface area contributed by atoms with E-state index in [1.165, 1.54) is 6.07 Å². The Morgan fingerprint density at radius 1 is 1.27 bits per heavy atom. The SMILES string of the molecule is Fc1cc(C2CNCCO2)cc(Br)c1OCc1ccccc1. The van der Waals surface area contributed by atoms with Gasteiger partial charge >= 0.3 is 0 Å². The molecule has 0 aliphatic carbocycles. The summed E-state index contributed by atoms with van der Waals surface area (Å²) in [5, 5.41) is 3.24. The Balaban J connectivity index is 1.74. The molecule has 5 heteroatoms. The van der Waals surface area contributed by atoms with Crippen LogP contribution in [-0.2, 0) is 11.3 Å². The number of benzene rings is 2. The first-order valence-electron chi connectivity index (χ1n) is 7.22. The van der Waals surface area contributed by atoms with Gasteiger partial charge < -0.3 is 14.8 Å². The molecule has 116 valence electrons. The van der Waals surface area contributed by atoms with Gasteiger partial charge in [0.25, 0.3) is 0 Å². The first-order chi connectivity index (χ1) is 10.7. The Morgan fingerprint density at radius 2 is 2.09 bits per heavy atom. The zero-order chi connectivity index (χ0) is 15.4. The van der Waals surface area contributed by atoms with Crippen LogP contribution in [0.5, 0.6) is 5.75 Å². The summed E-state index contributed by atoms with van der Waals surface area (Å²) >= 11 is 3.40. The highest BCUT2D eigenvalue weighted by Gasteiger charge is 2.19. The molecule has 22 heavy (non-hydrogen) atoms. The van der Waals surface area contributed by atoms with E-state index in [0.717, 1.165) is 17.7 Å². The first kappa shape index (κ1) is 15.5. The minimum atomic E-state index is -0.380. The molecule has 3 nitrogen and oxygen atoms in total. The van der Waals surface area contributed by atoms with Gasteiger partial charge in [0, 0.05) is 13.1 Å². The number of halogens is 2. The third kappa shape index (κ3) is 3.66. The van der Waals surface area contributed by atoms with E-state index < -0.39 is 0 Å².